The van der Waals surface area contributed by atoms with E-state index in [0.717, 1.165) is 16.5 Å². The van der Waals surface area contributed by atoms with Crippen molar-refractivity contribution in [3.05, 3.63) is 59.9 Å². The highest BCUT2D eigenvalue weighted by Gasteiger charge is 2.19. The van der Waals surface area contributed by atoms with E-state index in [9.17, 15) is 4.79 Å². The Morgan fingerprint density at radius 2 is 1.87 bits per heavy atom. The Bertz CT molecular complexity index is 841. The zero-order valence-corrected chi connectivity index (χ0v) is 13.9. The van der Waals surface area contributed by atoms with Gasteiger partial charge in [-0.25, -0.2) is 4.98 Å². The molecule has 1 N–H and O–H groups in total. The summed E-state index contributed by atoms with van der Waals surface area (Å²) in [4.78, 5) is 21.9. The molecule has 0 saturated carbocycles. The van der Waals surface area contributed by atoms with E-state index < -0.39 is 0 Å². The predicted molar refractivity (Wildman–Crippen MR) is 94.0 cm³/mol. The number of carbonyl (C=O) groups is 1. The fraction of sp³-hybridized carbons (Fsp3) is 0.263. The average Bonchev–Trinajstić information content (AvgIpc) is 2.97. The lowest BCUT2D eigenvalue weighted by atomic mass is 9.88. The first-order valence-electron chi connectivity index (χ1n) is 7.68. The number of rotatable bonds is 2. The molecule has 2 aromatic heterocycles. The van der Waals surface area contributed by atoms with Gasteiger partial charge in [-0.3, -0.25) is 9.69 Å². The van der Waals surface area contributed by atoms with Crippen LogP contribution in [-0.2, 0) is 5.41 Å². The second-order valence-electron chi connectivity index (χ2n) is 6.77. The number of hydrogen-bond acceptors (Lipinski definition) is 2. The van der Waals surface area contributed by atoms with Gasteiger partial charge in [-0.05, 0) is 23.1 Å². The molecule has 3 rings (SSSR count). The van der Waals surface area contributed by atoms with E-state index in [0.29, 0.717) is 11.4 Å². The maximum atomic E-state index is 12.8. The molecule has 0 aliphatic rings. The van der Waals surface area contributed by atoms with Crippen molar-refractivity contribution in [3.8, 4) is 0 Å². The Kier molecular flexibility index (Phi) is 3.68. The first-order chi connectivity index (χ1) is 10.9. The number of carbonyl (C=O) groups excluding carboxylic acids is 1. The minimum absolute atomic E-state index is 0.0466. The summed E-state index contributed by atoms with van der Waals surface area (Å²) in [5, 5.41) is 0.927. The molecule has 118 valence electrons. The third kappa shape index (κ3) is 2.84. The van der Waals surface area contributed by atoms with Crippen LogP contribution >= 0.6 is 0 Å². The second-order valence-corrected chi connectivity index (χ2v) is 6.77. The van der Waals surface area contributed by atoms with Crippen LogP contribution in [0.25, 0.3) is 10.9 Å². The minimum Gasteiger partial charge on any atom is -0.360 e. The highest BCUT2D eigenvalue weighted by atomic mass is 16.2. The van der Waals surface area contributed by atoms with Gasteiger partial charge in [-0.1, -0.05) is 45.0 Å². The number of nitrogens with one attached hydrogen (secondary N) is 1. The molecule has 23 heavy (non-hydrogen) atoms. The average molecular weight is 307 g/mol. The van der Waals surface area contributed by atoms with Crippen molar-refractivity contribution in [3.63, 3.8) is 0 Å². The predicted octanol–water partition coefficient (Wildman–Crippen LogP) is 4.14. The highest BCUT2D eigenvalue weighted by molar-refractivity contribution is 6.13. The Morgan fingerprint density at radius 3 is 2.52 bits per heavy atom. The Morgan fingerprint density at radius 1 is 1.13 bits per heavy atom. The molecule has 0 spiro atoms. The fourth-order valence-electron chi connectivity index (χ4n) is 2.56. The van der Waals surface area contributed by atoms with Gasteiger partial charge >= 0.3 is 0 Å². The van der Waals surface area contributed by atoms with Gasteiger partial charge in [0.1, 0.15) is 5.82 Å². The summed E-state index contributed by atoms with van der Waals surface area (Å²) in [5.41, 5.74) is 2.81. The number of nitrogens with zero attached hydrogens (tertiary/aromatic N) is 2. The molecule has 0 aliphatic carbocycles. The Labute approximate surface area is 136 Å². The molecule has 4 nitrogen and oxygen atoms in total. The zero-order chi connectivity index (χ0) is 16.6. The van der Waals surface area contributed by atoms with Crippen LogP contribution in [0.1, 0.15) is 36.7 Å². The number of para-hydroxylation sites is 1. The molecule has 0 aliphatic heterocycles. The van der Waals surface area contributed by atoms with Crippen molar-refractivity contribution in [1.82, 2.24) is 9.97 Å². The van der Waals surface area contributed by atoms with Gasteiger partial charge in [0.25, 0.3) is 5.91 Å². The summed E-state index contributed by atoms with van der Waals surface area (Å²) in [7, 11) is 1.75. The van der Waals surface area contributed by atoms with Crippen molar-refractivity contribution in [1.29, 1.82) is 0 Å². The van der Waals surface area contributed by atoms with Gasteiger partial charge in [0, 0.05) is 30.3 Å². The SMILES string of the molecule is CN(C(=O)c1c[nH]c2ccccc12)c1ccc(C(C)(C)C)cn1. The van der Waals surface area contributed by atoms with Gasteiger partial charge < -0.3 is 4.98 Å². The largest absolute Gasteiger partial charge is 0.360 e. The molecule has 0 radical (unpaired) electrons. The number of amides is 1. The number of pyridine rings is 1. The van der Waals surface area contributed by atoms with Crippen LogP contribution in [0.3, 0.4) is 0 Å². The van der Waals surface area contributed by atoms with Crippen molar-refractivity contribution in [2.24, 2.45) is 0 Å². The highest BCUT2D eigenvalue weighted by Crippen LogP contribution is 2.24. The van der Waals surface area contributed by atoms with Gasteiger partial charge in [0.15, 0.2) is 0 Å². The maximum absolute atomic E-state index is 12.8. The van der Waals surface area contributed by atoms with Crippen LogP contribution in [0, 0.1) is 0 Å². The molecule has 1 amide bonds. The van der Waals surface area contributed by atoms with Gasteiger partial charge in [-0.2, -0.15) is 0 Å². The molecular formula is C19H21N3O. The van der Waals surface area contributed by atoms with Gasteiger partial charge in [0.05, 0.1) is 5.56 Å². The number of aromatic amines is 1. The van der Waals surface area contributed by atoms with Gasteiger partial charge in [-0.15, -0.1) is 0 Å². The normalized spacial score (nSPS) is 11.7. The summed E-state index contributed by atoms with van der Waals surface area (Å²) >= 11 is 0. The summed E-state index contributed by atoms with van der Waals surface area (Å²) in [6, 6.07) is 11.7. The number of anilines is 1. The number of benzene rings is 1. The molecule has 0 bridgehead atoms. The molecule has 2 heterocycles. The van der Waals surface area contributed by atoms with Crippen LogP contribution in [0.4, 0.5) is 5.82 Å². The first kappa shape index (κ1) is 15.3. The molecule has 0 unspecified atom stereocenters. The van der Waals surface area contributed by atoms with Gasteiger partial charge in [0.2, 0.25) is 0 Å². The Balaban J connectivity index is 1.90. The minimum atomic E-state index is -0.0709. The van der Waals surface area contributed by atoms with E-state index in [2.05, 4.69) is 30.7 Å². The molecule has 3 aromatic rings. The van der Waals surface area contributed by atoms with E-state index >= 15 is 0 Å². The first-order valence-corrected chi connectivity index (χ1v) is 7.68. The van der Waals surface area contributed by atoms with Crippen LogP contribution in [-0.4, -0.2) is 22.9 Å². The Hall–Kier alpha value is -2.62. The van der Waals surface area contributed by atoms with Crippen LogP contribution in [0.2, 0.25) is 0 Å². The monoisotopic (exact) mass is 307 g/mol. The van der Waals surface area contributed by atoms with Crippen molar-refractivity contribution in [2.75, 3.05) is 11.9 Å². The zero-order valence-electron chi connectivity index (χ0n) is 13.9. The summed E-state index contributed by atoms with van der Waals surface area (Å²) < 4.78 is 0. The molecule has 0 fully saturated rings. The van der Waals surface area contributed by atoms with Crippen molar-refractivity contribution >= 4 is 22.6 Å². The standard InChI is InChI=1S/C19H21N3O/c1-19(2,3)13-9-10-17(21-11-13)22(4)18(23)15-12-20-16-8-6-5-7-14(15)16/h5-12,20H,1-4H3. The quantitative estimate of drug-likeness (QED) is 0.773. The number of H-pyrrole nitrogens is 1. The molecule has 0 saturated heterocycles. The van der Waals surface area contributed by atoms with Crippen molar-refractivity contribution < 1.29 is 4.79 Å². The van der Waals surface area contributed by atoms with E-state index in [1.807, 2.05) is 42.6 Å². The summed E-state index contributed by atoms with van der Waals surface area (Å²) in [6.07, 6.45) is 3.60. The molecule has 0 atom stereocenters. The topological polar surface area (TPSA) is 49.0 Å². The number of hydrogen-bond donors (Lipinski definition) is 1. The smallest absolute Gasteiger partial charge is 0.261 e. The lowest BCUT2D eigenvalue weighted by Crippen LogP contribution is -2.27. The molecular weight excluding hydrogens is 286 g/mol. The van der Waals surface area contributed by atoms with Crippen LogP contribution in [0.5, 0.6) is 0 Å². The van der Waals surface area contributed by atoms with E-state index in [4.69, 9.17) is 0 Å². The second kappa shape index (κ2) is 5.54. The number of aromatic nitrogens is 2. The lowest BCUT2D eigenvalue weighted by molar-refractivity contribution is 0.0994. The van der Waals surface area contributed by atoms with E-state index in [1.54, 1.807) is 18.1 Å². The van der Waals surface area contributed by atoms with Crippen LogP contribution in [0.15, 0.2) is 48.8 Å². The maximum Gasteiger partial charge on any atom is 0.261 e. The van der Waals surface area contributed by atoms with E-state index in [1.165, 1.54) is 0 Å². The van der Waals surface area contributed by atoms with E-state index in [-0.39, 0.29) is 11.3 Å². The molecule has 1 aromatic carbocycles. The summed E-state index contributed by atoms with van der Waals surface area (Å²) in [5.74, 6) is 0.576. The third-order valence-corrected chi connectivity index (χ3v) is 4.08. The van der Waals surface area contributed by atoms with Crippen molar-refractivity contribution in [2.45, 2.75) is 26.2 Å². The lowest BCUT2D eigenvalue weighted by Gasteiger charge is -2.20. The van der Waals surface area contributed by atoms with Crippen LogP contribution < -0.4 is 4.90 Å². The molecule has 4 heteroatoms. The number of fused-ring (bicyclic) bond motifs is 1. The third-order valence-electron chi connectivity index (χ3n) is 4.08. The summed E-state index contributed by atoms with van der Waals surface area (Å²) in [6.45, 7) is 6.43. The fourth-order valence-corrected chi connectivity index (χ4v) is 2.56.